The SMILES string of the molecule is CN1C(=O)CC(NC(=O)N[C@H](CCO)C(=O)O)C1=O. The predicted octanol–water partition coefficient (Wildman–Crippen LogP) is -2.12. The molecule has 4 N–H and O–H groups in total. The smallest absolute Gasteiger partial charge is 0.326 e. The quantitative estimate of drug-likeness (QED) is 0.423. The first-order chi connectivity index (χ1) is 8.86. The molecule has 1 aliphatic heterocycles. The fourth-order valence-electron chi connectivity index (χ4n) is 1.61. The largest absolute Gasteiger partial charge is 0.480 e. The molecule has 1 fully saturated rings. The van der Waals surface area contributed by atoms with Crippen LogP contribution in [0.4, 0.5) is 4.79 Å². The summed E-state index contributed by atoms with van der Waals surface area (Å²) in [6.45, 7) is -0.402. The number of carbonyl (C=O) groups excluding carboxylic acids is 3. The molecule has 2 atom stereocenters. The molecule has 4 amide bonds. The number of aliphatic carboxylic acids is 1. The van der Waals surface area contributed by atoms with Crippen molar-refractivity contribution in [2.24, 2.45) is 0 Å². The zero-order valence-corrected chi connectivity index (χ0v) is 10.3. The van der Waals surface area contributed by atoms with E-state index in [-0.39, 0.29) is 12.8 Å². The van der Waals surface area contributed by atoms with Gasteiger partial charge in [-0.05, 0) is 0 Å². The van der Waals surface area contributed by atoms with Gasteiger partial charge < -0.3 is 20.8 Å². The zero-order chi connectivity index (χ0) is 14.6. The van der Waals surface area contributed by atoms with Crippen LogP contribution in [0.15, 0.2) is 0 Å². The van der Waals surface area contributed by atoms with E-state index in [1.54, 1.807) is 0 Å². The van der Waals surface area contributed by atoms with Crippen LogP contribution < -0.4 is 10.6 Å². The van der Waals surface area contributed by atoms with Crippen molar-refractivity contribution in [2.75, 3.05) is 13.7 Å². The number of nitrogens with zero attached hydrogens (tertiary/aromatic N) is 1. The third-order valence-electron chi connectivity index (χ3n) is 2.71. The Morgan fingerprint density at radius 2 is 2.11 bits per heavy atom. The first kappa shape index (κ1) is 14.9. The average Bonchev–Trinajstić information content (AvgIpc) is 2.56. The molecular weight excluding hydrogens is 258 g/mol. The van der Waals surface area contributed by atoms with E-state index in [9.17, 15) is 19.2 Å². The summed E-state index contributed by atoms with van der Waals surface area (Å²) in [4.78, 5) is 45.9. The van der Waals surface area contributed by atoms with Crippen molar-refractivity contribution in [1.29, 1.82) is 0 Å². The lowest BCUT2D eigenvalue weighted by atomic mass is 10.2. The van der Waals surface area contributed by atoms with Crippen LogP contribution >= 0.6 is 0 Å². The van der Waals surface area contributed by atoms with Crippen LogP contribution in [0.25, 0.3) is 0 Å². The summed E-state index contributed by atoms with van der Waals surface area (Å²) in [6, 6.07) is -3.11. The minimum Gasteiger partial charge on any atom is -0.480 e. The number of urea groups is 1. The minimum atomic E-state index is -1.30. The van der Waals surface area contributed by atoms with Gasteiger partial charge in [0.15, 0.2) is 0 Å². The van der Waals surface area contributed by atoms with E-state index in [2.05, 4.69) is 10.6 Å². The molecule has 1 aliphatic rings. The van der Waals surface area contributed by atoms with Crippen LogP contribution in [0.3, 0.4) is 0 Å². The summed E-state index contributed by atoms with van der Waals surface area (Å²) in [5.74, 6) is -2.26. The monoisotopic (exact) mass is 273 g/mol. The van der Waals surface area contributed by atoms with Gasteiger partial charge in [0.25, 0.3) is 5.91 Å². The van der Waals surface area contributed by atoms with Gasteiger partial charge in [0.2, 0.25) is 5.91 Å². The van der Waals surface area contributed by atoms with E-state index in [4.69, 9.17) is 10.2 Å². The van der Waals surface area contributed by atoms with Crippen molar-refractivity contribution in [2.45, 2.75) is 24.9 Å². The highest BCUT2D eigenvalue weighted by Crippen LogP contribution is 2.10. The maximum absolute atomic E-state index is 11.5. The van der Waals surface area contributed by atoms with Gasteiger partial charge in [-0.25, -0.2) is 9.59 Å². The number of nitrogens with one attached hydrogen (secondary N) is 2. The standard InChI is InChI=1S/C10H15N3O6/c1-13-7(15)4-6(8(13)16)12-10(19)11-5(2-3-14)9(17)18/h5-6,14H,2-4H2,1H3,(H,17,18)(H2,11,12,19)/t5-,6?/m1/s1. The molecule has 1 unspecified atom stereocenters. The highest BCUT2D eigenvalue weighted by Gasteiger charge is 2.37. The summed E-state index contributed by atoms with van der Waals surface area (Å²) in [7, 11) is 1.30. The number of hydrogen-bond acceptors (Lipinski definition) is 5. The average molecular weight is 273 g/mol. The lowest BCUT2D eigenvalue weighted by Gasteiger charge is -2.16. The first-order valence-corrected chi connectivity index (χ1v) is 5.58. The van der Waals surface area contributed by atoms with Crippen LogP contribution in [0, 0.1) is 0 Å². The third-order valence-corrected chi connectivity index (χ3v) is 2.71. The van der Waals surface area contributed by atoms with Crippen LogP contribution in [0.1, 0.15) is 12.8 Å². The Bertz CT molecular complexity index is 410. The molecule has 9 nitrogen and oxygen atoms in total. The van der Waals surface area contributed by atoms with E-state index in [0.717, 1.165) is 4.90 Å². The molecule has 1 heterocycles. The van der Waals surface area contributed by atoms with E-state index >= 15 is 0 Å². The Morgan fingerprint density at radius 3 is 2.53 bits per heavy atom. The Morgan fingerprint density at radius 1 is 1.47 bits per heavy atom. The molecule has 0 aromatic rings. The molecule has 0 aromatic carbocycles. The second-order valence-corrected chi connectivity index (χ2v) is 4.07. The van der Waals surface area contributed by atoms with E-state index in [1.165, 1.54) is 7.05 Å². The van der Waals surface area contributed by atoms with Gasteiger partial charge in [0.1, 0.15) is 12.1 Å². The lowest BCUT2D eigenvalue weighted by Crippen LogP contribution is -2.51. The number of carboxylic acids is 1. The van der Waals surface area contributed by atoms with Crippen molar-refractivity contribution < 1.29 is 29.4 Å². The number of amides is 4. The Labute approximate surface area is 108 Å². The van der Waals surface area contributed by atoms with Crippen molar-refractivity contribution in [3.8, 4) is 0 Å². The summed E-state index contributed by atoms with van der Waals surface area (Å²) >= 11 is 0. The number of carbonyl (C=O) groups is 4. The van der Waals surface area contributed by atoms with Gasteiger partial charge in [-0.3, -0.25) is 14.5 Å². The second-order valence-electron chi connectivity index (χ2n) is 4.07. The maximum atomic E-state index is 11.5. The number of carboxylic acid groups (broad SMARTS) is 1. The van der Waals surface area contributed by atoms with E-state index in [1.807, 2.05) is 0 Å². The van der Waals surface area contributed by atoms with Crippen LogP contribution in [0.5, 0.6) is 0 Å². The fraction of sp³-hybridized carbons (Fsp3) is 0.600. The molecule has 106 valence electrons. The Kier molecular flexibility index (Phi) is 4.81. The van der Waals surface area contributed by atoms with Gasteiger partial charge >= 0.3 is 12.0 Å². The number of imide groups is 1. The highest BCUT2D eigenvalue weighted by atomic mass is 16.4. The van der Waals surface area contributed by atoms with Crippen molar-refractivity contribution in [3.05, 3.63) is 0 Å². The van der Waals surface area contributed by atoms with E-state index in [0.29, 0.717) is 0 Å². The van der Waals surface area contributed by atoms with Crippen LogP contribution in [-0.2, 0) is 14.4 Å². The zero-order valence-electron chi connectivity index (χ0n) is 10.3. The summed E-state index contributed by atoms with van der Waals surface area (Å²) < 4.78 is 0. The molecule has 19 heavy (non-hydrogen) atoms. The van der Waals surface area contributed by atoms with E-state index < -0.39 is 42.5 Å². The van der Waals surface area contributed by atoms with Crippen LogP contribution in [-0.4, -0.2) is 64.7 Å². The minimum absolute atomic E-state index is 0.152. The normalized spacial score (nSPS) is 20.3. The van der Waals surface area contributed by atoms with Gasteiger partial charge in [-0.1, -0.05) is 0 Å². The molecule has 0 bridgehead atoms. The summed E-state index contributed by atoms with van der Waals surface area (Å²) in [5.41, 5.74) is 0. The number of likely N-dealkylation sites (tertiary alicyclic amines) is 1. The maximum Gasteiger partial charge on any atom is 0.326 e. The summed E-state index contributed by atoms with van der Waals surface area (Å²) in [6.07, 6.45) is -0.305. The van der Waals surface area contributed by atoms with Gasteiger partial charge in [0.05, 0.1) is 6.42 Å². The summed E-state index contributed by atoms with van der Waals surface area (Å²) in [5, 5.41) is 21.8. The number of likely N-dealkylation sites (N-methyl/N-ethyl adjacent to an activating group) is 1. The second kappa shape index (κ2) is 6.14. The molecule has 0 aromatic heterocycles. The molecular formula is C10H15N3O6. The molecule has 9 heteroatoms. The molecule has 0 spiro atoms. The van der Waals surface area contributed by atoms with Gasteiger partial charge in [0, 0.05) is 20.1 Å². The Balaban J connectivity index is 2.54. The number of hydrogen-bond donors (Lipinski definition) is 4. The van der Waals surface area contributed by atoms with Gasteiger partial charge in [-0.15, -0.1) is 0 Å². The third kappa shape index (κ3) is 3.65. The first-order valence-electron chi connectivity index (χ1n) is 5.58. The van der Waals surface area contributed by atoms with Crippen molar-refractivity contribution in [1.82, 2.24) is 15.5 Å². The van der Waals surface area contributed by atoms with Crippen molar-refractivity contribution >= 4 is 23.8 Å². The Hall–Kier alpha value is -2.16. The molecule has 1 saturated heterocycles. The molecule has 0 aliphatic carbocycles. The van der Waals surface area contributed by atoms with Crippen LogP contribution in [0.2, 0.25) is 0 Å². The molecule has 0 saturated carbocycles. The highest BCUT2D eigenvalue weighted by molar-refractivity contribution is 6.06. The van der Waals surface area contributed by atoms with Gasteiger partial charge in [-0.2, -0.15) is 0 Å². The lowest BCUT2D eigenvalue weighted by molar-refractivity contribution is -0.139. The number of aliphatic hydroxyl groups excluding tert-OH is 1. The molecule has 1 rings (SSSR count). The fourth-order valence-corrected chi connectivity index (χ4v) is 1.61. The van der Waals surface area contributed by atoms with Crippen molar-refractivity contribution in [3.63, 3.8) is 0 Å². The topological polar surface area (TPSA) is 136 Å². The number of rotatable bonds is 5. The number of aliphatic hydroxyl groups is 1. The molecule has 0 radical (unpaired) electrons. The predicted molar refractivity (Wildman–Crippen MR) is 61.0 cm³/mol.